The SMILES string of the molecule is CCOCCN(Cc1ccc(NC(=O)C(N)CC(C)Oc2ccccc2)cc1)C(=O)C(Cl)(Cl)Cl. The fourth-order valence-electron chi connectivity index (χ4n) is 3.14. The molecule has 0 fully saturated rings. The van der Waals surface area contributed by atoms with E-state index in [0.29, 0.717) is 25.3 Å². The van der Waals surface area contributed by atoms with Crippen molar-refractivity contribution >= 4 is 52.3 Å². The highest BCUT2D eigenvalue weighted by Crippen LogP contribution is 2.29. The molecule has 2 amide bonds. The van der Waals surface area contributed by atoms with E-state index in [2.05, 4.69) is 5.32 Å². The molecule has 2 aromatic carbocycles. The van der Waals surface area contributed by atoms with Crippen molar-refractivity contribution in [1.29, 1.82) is 0 Å². The first-order chi connectivity index (χ1) is 16.1. The smallest absolute Gasteiger partial charge is 0.275 e. The average molecular weight is 531 g/mol. The van der Waals surface area contributed by atoms with Gasteiger partial charge >= 0.3 is 0 Å². The second-order valence-corrected chi connectivity index (χ2v) is 9.97. The Morgan fingerprint density at radius 2 is 1.74 bits per heavy atom. The van der Waals surface area contributed by atoms with Crippen LogP contribution in [0.4, 0.5) is 5.69 Å². The zero-order valence-electron chi connectivity index (χ0n) is 19.2. The zero-order valence-corrected chi connectivity index (χ0v) is 21.4. The molecule has 7 nitrogen and oxygen atoms in total. The predicted octanol–water partition coefficient (Wildman–Crippen LogP) is 4.55. The minimum atomic E-state index is -2.06. The monoisotopic (exact) mass is 529 g/mol. The number of carbonyl (C=O) groups excluding carboxylic acids is 2. The summed E-state index contributed by atoms with van der Waals surface area (Å²) < 4.78 is 9.05. The van der Waals surface area contributed by atoms with E-state index in [1.54, 1.807) is 24.3 Å². The van der Waals surface area contributed by atoms with Gasteiger partial charge in [-0.2, -0.15) is 0 Å². The summed E-state index contributed by atoms with van der Waals surface area (Å²) >= 11 is 17.3. The second-order valence-electron chi connectivity index (χ2n) is 7.69. The van der Waals surface area contributed by atoms with E-state index in [-0.39, 0.29) is 25.1 Å². The number of nitrogens with zero attached hydrogens (tertiary/aromatic N) is 1. The number of anilines is 1. The van der Waals surface area contributed by atoms with Crippen LogP contribution in [0.3, 0.4) is 0 Å². The molecule has 0 bridgehead atoms. The first kappa shape index (κ1) is 28.2. The molecule has 0 saturated heterocycles. The van der Waals surface area contributed by atoms with E-state index in [1.165, 1.54) is 4.90 Å². The summed E-state index contributed by atoms with van der Waals surface area (Å²) in [5.41, 5.74) is 7.44. The van der Waals surface area contributed by atoms with Gasteiger partial charge in [0.25, 0.3) is 9.70 Å². The number of benzene rings is 2. The highest BCUT2D eigenvalue weighted by Gasteiger charge is 2.35. The summed E-state index contributed by atoms with van der Waals surface area (Å²) in [6.45, 7) is 5.06. The van der Waals surface area contributed by atoms with Crippen molar-refractivity contribution in [3.63, 3.8) is 0 Å². The molecule has 0 saturated carbocycles. The van der Waals surface area contributed by atoms with Crippen LogP contribution in [-0.4, -0.2) is 52.4 Å². The molecule has 2 aromatic rings. The van der Waals surface area contributed by atoms with Crippen LogP contribution in [0, 0.1) is 0 Å². The van der Waals surface area contributed by atoms with E-state index in [4.69, 9.17) is 50.0 Å². The average Bonchev–Trinajstić information content (AvgIpc) is 2.79. The standard InChI is InChI=1S/C24H30Cl3N3O4/c1-3-33-14-13-30(23(32)24(25,26)27)16-18-9-11-19(12-10-18)29-22(31)21(28)15-17(2)34-20-7-5-4-6-8-20/h4-12,17,21H,3,13-16,28H2,1-2H3,(H,29,31). The summed E-state index contributed by atoms with van der Waals surface area (Å²) in [7, 11) is 0. The summed E-state index contributed by atoms with van der Waals surface area (Å²) in [5.74, 6) is -0.227. The fourth-order valence-corrected chi connectivity index (χ4v) is 3.50. The van der Waals surface area contributed by atoms with Crippen LogP contribution in [0.1, 0.15) is 25.8 Å². The Hall–Kier alpha value is -2.03. The molecule has 0 aromatic heterocycles. The number of amides is 2. The molecule has 3 N–H and O–H groups in total. The zero-order chi connectivity index (χ0) is 25.1. The Kier molecular flexibility index (Phi) is 11.4. The van der Waals surface area contributed by atoms with Crippen LogP contribution in [0.2, 0.25) is 0 Å². The lowest BCUT2D eigenvalue weighted by Crippen LogP contribution is -2.40. The van der Waals surface area contributed by atoms with Gasteiger partial charge in [-0.3, -0.25) is 9.59 Å². The number of halogens is 3. The van der Waals surface area contributed by atoms with E-state index >= 15 is 0 Å². The van der Waals surface area contributed by atoms with Gasteiger partial charge in [0, 0.05) is 31.8 Å². The van der Waals surface area contributed by atoms with Crippen LogP contribution in [-0.2, 0) is 20.9 Å². The van der Waals surface area contributed by atoms with Crippen LogP contribution in [0.25, 0.3) is 0 Å². The summed E-state index contributed by atoms with van der Waals surface area (Å²) in [6, 6.07) is 15.6. The van der Waals surface area contributed by atoms with Gasteiger partial charge in [-0.1, -0.05) is 65.1 Å². The van der Waals surface area contributed by atoms with Crippen molar-refractivity contribution in [3.8, 4) is 5.75 Å². The predicted molar refractivity (Wildman–Crippen MR) is 136 cm³/mol. The number of hydrogen-bond acceptors (Lipinski definition) is 5. The molecule has 10 heteroatoms. The summed E-state index contributed by atoms with van der Waals surface area (Å²) in [4.78, 5) is 26.4. The van der Waals surface area contributed by atoms with Crippen LogP contribution in [0.15, 0.2) is 54.6 Å². The Balaban J connectivity index is 1.91. The van der Waals surface area contributed by atoms with Crippen molar-refractivity contribution < 1.29 is 19.1 Å². The highest BCUT2D eigenvalue weighted by atomic mass is 35.6. The van der Waals surface area contributed by atoms with Gasteiger partial charge < -0.3 is 25.4 Å². The molecule has 34 heavy (non-hydrogen) atoms. The normalized spacial score (nSPS) is 13.1. The number of carbonyl (C=O) groups is 2. The van der Waals surface area contributed by atoms with Gasteiger partial charge in [-0.05, 0) is 43.7 Å². The van der Waals surface area contributed by atoms with Crippen molar-refractivity contribution in [2.24, 2.45) is 5.73 Å². The molecule has 2 unspecified atom stereocenters. The third-order valence-electron chi connectivity index (χ3n) is 4.84. The quantitative estimate of drug-likeness (QED) is 0.310. The van der Waals surface area contributed by atoms with Crippen molar-refractivity contribution in [1.82, 2.24) is 4.90 Å². The Labute approximate surface area is 215 Å². The second kappa shape index (κ2) is 13.8. The van der Waals surface area contributed by atoms with Crippen LogP contribution in [0.5, 0.6) is 5.75 Å². The number of nitrogens with one attached hydrogen (secondary N) is 1. The minimum absolute atomic E-state index is 0.224. The number of nitrogens with two attached hydrogens (primary N) is 1. The molecule has 2 rings (SSSR count). The van der Waals surface area contributed by atoms with E-state index in [0.717, 1.165) is 11.3 Å². The van der Waals surface area contributed by atoms with Crippen LogP contribution >= 0.6 is 34.8 Å². The molecule has 0 aliphatic carbocycles. The first-order valence-electron chi connectivity index (χ1n) is 10.9. The third-order valence-corrected chi connectivity index (χ3v) is 5.32. The number of para-hydroxylation sites is 1. The van der Waals surface area contributed by atoms with Gasteiger partial charge in [0.05, 0.1) is 18.8 Å². The maximum Gasteiger partial charge on any atom is 0.275 e. The number of hydrogen-bond donors (Lipinski definition) is 2. The molecular formula is C24H30Cl3N3O4. The number of ether oxygens (including phenoxy) is 2. The third kappa shape index (κ3) is 9.68. The maximum absolute atomic E-state index is 12.5. The summed E-state index contributed by atoms with van der Waals surface area (Å²) in [6.07, 6.45) is 0.121. The van der Waals surface area contributed by atoms with Crippen molar-refractivity contribution in [2.45, 2.75) is 42.8 Å². The highest BCUT2D eigenvalue weighted by molar-refractivity contribution is 6.76. The molecule has 2 atom stereocenters. The Bertz CT molecular complexity index is 908. The lowest BCUT2D eigenvalue weighted by molar-refractivity contribution is -0.131. The summed E-state index contributed by atoms with van der Waals surface area (Å²) in [5, 5.41) is 2.80. The Morgan fingerprint density at radius 3 is 2.32 bits per heavy atom. The topological polar surface area (TPSA) is 93.9 Å². The van der Waals surface area contributed by atoms with E-state index in [1.807, 2.05) is 44.2 Å². The number of rotatable bonds is 12. The molecule has 0 spiro atoms. The van der Waals surface area contributed by atoms with E-state index in [9.17, 15) is 9.59 Å². The molecule has 0 heterocycles. The molecule has 0 aliphatic rings. The van der Waals surface area contributed by atoms with Gasteiger partial charge in [0.15, 0.2) is 0 Å². The lowest BCUT2D eigenvalue weighted by atomic mass is 10.1. The van der Waals surface area contributed by atoms with Gasteiger partial charge in [0.2, 0.25) is 5.91 Å². The molecular weight excluding hydrogens is 501 g/mol. The molecule has 186 valence electrons. The van der Waals surface area contributed by atoms with Crippen LogP contribution < -0.4 is 15.8 Å². The fraction of sp³-hybridized carbons (Fsp3) is 0.417. The minimum Gasteiger partial charge on any atom is -0.491 e. The molecule has 0 radical (unpaired) electrons. The van der Waals surface area contributed by atoms with E-state index < -0.39 is 15.7 Å². The first-order valence-corrected chi connectivity index (χ1v) is 12.0. The van der Waals surface area contributed by atoms with Crippen molar-refractivity contribution in [3.05, 3.63) is 60.2 Å². The van der Waals surface area contributed by atoms with Gasteiger partial charge in [-0.25, -0.2) is 0 Å². The van der Waals surface area contributed by atoms with Crippen molar-refractivity contribution in [2.75, 3.05) is 25.1 Å². The Morgan fingerprint density at radius 1 is 1.09 bits per heavy atom. The lowest BCUT2D eigenvalue weighted by Gasteiger charge is -2.26. The van der Waals surface area contributed by atoms with Gasteiger partial charge in [-0.15, -0.1) is 0 Å². The number of alkyl halides is 3. The molecule has 0 aliphatic heterocycles. The maximum atomic E-state index is 12.5. The largest absolute Gasteiger partial charge is 0.491 e. The van der Waals surface area contributed by atoms with Gasteiger partial charge in [0.1, 0.15) is 5.75 Å².